The minimum Gasteiger partial charge on any atom is -0.464 e. The maximum atomic E-state index is 10.8. The predicted molar refractivity (Wildman–Crippen MR) is 37.9 cm³/mol. The Morgan fingerprint density at radius 1 is 1.55 bits per heavy atom. The molecule has 1 N–H and O–H groups in total. The van der Waals surface area contributed by atoms with Gasteiger partial charge in [0.1, 0.15) is 0 Å². The lowest BCUT2D eigenvalue weighted by atomic mass is 10.0. The standard InChI is InChI=1S/C7H12O4/c1-4-11-6(9)7(3,10)5(2)8/h10H,4H2,1-3H3. The van der Waals surface area contributed by atoms with Crippen LogP contribution in [0.15, 0.2) is 0 Å². The summed E-state index contributed by atoms with van der Waals surface area (Å²) in [5, 5.41) is 9.17. The highest BCUT2D eigenvalue weighted by molar-refractivity contribution is 6.05. The number of rotatable bonds is 3. The van der Waals surface area contributed by atoms with Crippen LogP contribution in [-0.4, -0.2) is 29.1 Å². The highest BCUT2D eigenvalue weighted by Crippen LogP contribution is 2.06. The van der Waals surface area contributed by atoms with Gasteiger partial charge in [-0.3, -0.25) is 4.79 Å². The van der Waals surface area contributed by atoms with Crippen molar-refractivity contribution in [1.29, 1.82) is 0 Å². The van der Waals surface area contributed by atoms with Gasteiger partial charge in [0, 0.05) is 0 Å². The summed E-state index contributed by atoms with van der Waals surface area (Å²) in [6.45, 7) is 4.01. The maximum absolute atomic E-state index is 10.8. The van der Waals surface area contributed by atoms with Gasteiger partial charge >= 0.3 is 5.97 Å². The van der Waals surface area contributed by atoms with E-state index in [4.69, 9.17) is 5.11 Å². The number of carbonyl (C=O) groups is 2. The molecule has 0 bridgehead atoms. The first-order chi connectivity index (χ1) is 4.92. The van der Waals surface area contributed by atoms with Gasteiger partial charge in [0.25, 0.3) is 0 Å². The van der Waals surface area contributed by atoms with Crippen LogP contribution in [0.25, 0.3) is 0 Å². The van der Waals surface area contributed by atoms with E-state index >= 15 is 0 Å². The third-order valence-electron chi connectivity index (χ3n) is 1.36. The summed E-state index contributed by atoms with van der Waals surface area (Å²) in [5.74, 6) is -1.51. The molecule has 0 aromatic heterocycles. The number of hydrogen-bond acceptors (Lipinski definition) is 4. The molecule has 0 spiro atoms. The topological polar surface area (TPSA) is 63.6 Å². The molecule has 0 aliphatic carbocycles. The van der Waals surface area contributed by atoms with Crippen molar-refractivity contribution >= 4 is 11.8 Å². The normalized spacial score (nSPS) is 15.3. The summed E-state index contributed by atoms with van der Waals surface area (Å²) in [7, 11) is 0. The molecular formula is C7H12O4. The quantitative estimate of drug-likeness (QED) is 0.462. The number of hydrogen-bond donors (Lipinski definition) is 1. The summed E-state index contributed by atoms with van der Waals surface area (Å²) in [5.41, 5.74) is -1.99. The minimum atomic E-state index is -1.99. The van der Waals surface area contributed by atoms with Crippen LogP contribution in [0.3, 0.4) is 0 Å². The number of esters is 1. The molecule has 0 aromatic carbocycles. The zero-order chi connectivity index (χ0) is 9.07. The molecule has 1 unspecified atom stereocenters. The van der Waals surface area contributed by atoms with Crippen LogP contribution in [0.2, 0.25) is 0 Å². The van der Waals surface area contributed by atoms with E-state index in [-0.39, 0.29) is 6.61 Å². The van der Waals surface area contributed by atoms with Gasteiger partial charge in [0.2, 0.25) is 5.60 Å². The second-order valence-corrected chi connectivity index (χ2v) is 2.35. The highest BCUT2D eigenvalue weighted by atomic mass is 16.5. The summed E-state index contributed by atoms with van der Waals surface area (Å²) < 4.78 is 4.46. The molecule has 4 nitrogen and oxygen atoms in total. The van der Waals surface area contributed by atoms with Crippen molar-refractivity contribution in [3.63, 3.8) is 0 Å². The zero-order valence-corrected chi connectivity index (χ0v) is 6.88. The minimum absolute atomic E-state index is 0.155. The van der Waals surface area contributed by atoms with Gasteiger partial charge in [-0.1, -0.05) is 0 Å². The fourth-order valence-corrected chi connectivity index (χ4v) is 0.415. The number of ketones is 1. The molecule has 0 radical (unpaired) electrons. The zero-order valence-electron chi connectivity index (χ0n) is 6.88. The van der Waals surface area contributed by atoms with Crippen molar-refractivity contribution in [2.75, 3.05) is 6.61 Å². The lowest BCUT2D eigenvalue weighted by molar-refractivity contribution is -0.167. The molecule has 0 fully saturated rings. The summed E-state index contributed by atoms with van der Waals surface area (Å²) in [6.07, 6.45) is 0. The number of ether oxygens (including phenoxy) is 1. The largest absolute Gasteiger partial charge is 0.464 e. The molecule has 0 aliphatic rings. The van der Waals surface area contributed by atoms with Crippen molar-refractivity contribution in [1.82, 2.24) is 0 Å². The van der Waals surface area contributed by atoms with E-state index in [1.807, 2.05) is 0 Å². The van der Waals surface area contributed by atoms with Crippen LogP contribution in [0, 0.1) is 0 Å². The Balaban J connectivity index is 4.30. The van der Waals surface area contributed by atoms with Crippen LogP contribution in [0.1, 0.15) is 20.8 Å². The Labute approximate surface area is 65.2 Å². The van der Waals surface area contributed by atoms with E-state index in [2.05, 4.69) is 4.74 Å². The summed E-state index contributed by atoms with van der Waals surface area (Å²) >= 11 is 0. The number of Topliss-reactive ketones (excluding diaryl/α,β-unsaturated/α-hetero) is 1. The van der Waals surface area contributed by atoms with Gasteiger partial charge in [-0.25, -0.2) is 4.79 Å². The molecule has 11 heavy (non-hydrogen) atoms. The Kier molecular flexibility index (Phi) is 3.19. The average molecular weight is 160 g/mol. The van der Waals surface area contributed by atoms with Crippen LogP contribution in [0.5, 0.6) is 0 Å². The van der Waals surface area contributed by atoms with Crippen molar-refractivity contribution in [3.05, 3.63) is 0 Å². The van der Waals surface area contributed by atoms with Crippen LogP contribution in [0.4, 0.5) is 0 Å². The Morgan fingerprint density at radius 3 is 2.27 bits per heavy atom. The predicted octanol–water partition coefficient (Wildman–Crippen LogP) is -0.111. The van der Waals surface area contributed by atoms with Gasteiger partial charge in [-0.2, -0.15) is 0 Å². The molecule has 4 heteroatoms. The van der Waals surface area contributed by atoms with Gasteiger partial charge < -0.3 is 9.84 Å². The number of aliphatic hydroxyl groups is 1. The smallest absolute Gasteiger partial charge is 0.345 e. The van der Waals surface area contributed by atoms with E-state index in [0.29, 0.717) is 0 Å². The van der Waals surface area contributed by atoms with Crippen LogP contribution < -0.4 is 0 Å². The van der Waals surface area contributed by atoms with Crippen LogP contribution in [-0.2, 0) is 14.3 Å². The van der Waals surface area contributed by atoms with Gasteiger partial charge in [0.05, 0.1) is 6.61 Å². The van der Waals surface area contributed by atoms with Gasteiger partial charge in [0.15, 0.2) is 5.78 Å². The van der Waals surface area contributed by atoms with E-state index in [1.54, 1.807) is 6.92 Å². The molecular weight excluding hydrogens is 148 g/mol. The van der Waals surface area contributed by atoms with Crippen LogP contribution >= 0.6 is 0 Å². The Bertz CT molecular complexity index is 171. The monoisotopic (exact) mass is 160 g/mol. The van der Waals surface area contributed by atoms with Crippen molar-refractivity contribution in [3.8, 4) is 0 Å². The Morgan fingerprint density at radius 2 is 2.00 bits per heavy atom. The van der Waals surface area contributed by atoms with E-state index in [1.165, 1.54) is 0 Å². The summed E-state index contributed by atoms with van der Waals surface area (Å²) in [4.78, 5) is 21.4. The molecule has 0 amide bonds. The fraction of sp³-hybridized carbons (Fsp3) is 0.714. The lowest BCUT2D eigenvalue weighted by Gasteiger charge is -2.16. The third kappa shape index (κ3) is 2.31. The lowest BCUT2D eigenvalue weighted by Crippen LogP contribution is -2.43. The summed E-state index contributed by atoms with van der Waals surface area (Å²) in [6, 6.07) is 0. The first kappa shape index (κ1) is 10.1. The number of carbonyl (C=O) groups excluding carboxylic acids is 2. The second kappa shape index (κ2) is 3.48. The highest BCUT2D eigenvalue weighted by Gasteiger charge is 2.36. The molecule has 64 valence electrons. The Hall–Kier alpha value is -0.900. The van der Waals surface area contributed by atoms with E-state index < -0.39 is 17.4 Å². The first-order valence-corrected chi connectivity index (χ1v) is 3.33. The molecule has 1 atom stereocenters. The third-order valence-corrected chi connectivity index (χ3v) is 1.36. The molecule has 0 heterocycles. The molecule has 0 saturated carbocycles. The molecule has 0 rings (SSSR count). The molecule has 0 aromatic rings. The van der Waals surface area contributed by atoms with Crippen molar-refractivity contribution in [2.24, 2.45) is 0 Å². The first-order valence-electron chi connectivity index (χ1n) is 3.33. The SMILES string of the molecule is CCOC(=O)C(C)(O)C(C)=O. The van der Waals surface area contributed by atoms with E-state index in [9.17, 15) is 9.59 Å². The van der Waals surface area contributed by atoms with Crippen molar-refractivity contribution < 1.29 is 19.4 Å². The maximum Gasteiger partial charge on any atom is 0.345 e. The second-order valence-electron chi connectivity index (χ2n) is 2.35. The van der Waals surface area contributed by atoms with Gasteiger partial charge in [-0.05, 0) is 20.8 Å². The molecule has 0 aliphatic heterocycles. The van der Waals surface area contributed by atoms with Crippen molar-refractivity contribution in [2.45, 2.75) is 26.4 Å². The van der Waals surface area contributed by atoms with E-state index in [0.717, 1.165) is 13.8 Å². The molecule has 0 saturated heterocycles. The average Bonchev–Trinajstić information content (AvgIpc) is 1.88. The van der Waals surface area contributed by atoms with Gasteiger partial charge in [-0.15, -0.1) is 0 Å². The fourth-order valence-electron chi connectivity index (χ4n) is 0.415.